The van der Waals surface area contributed by atoms with Gasteiger partial charge in [0, 0.05) is 37.3 Å². The van der Waals surface area contributed by atoms with Gasteiger partial charge < -0.3 is 9.88 Å². The van der Waals surface area contributed by atoms with Gasteiger partial charge in [0.15, 0.2) is 5.82 Å². The number of aromatic nitrogens is 5. The molecule has 2 aromatic heterocycles. The Morgan fingerprint density at radius 1 is 1.06 bits per heavy atom. The number of benzene rings is 1. The van der Waals surface area contributed by atoms with Crippen molar-refractivity contribution in [1.82, 2.24) is 35.0 Å². The van der Waals surface area contributed by atoms with Crippen LogP contribution < -0.4 is 5.56 Å². The SMILES string of the molecule is Cc1ccc2cc([C@@H](c3nnnn3C3CCCCC3)N3CCN(C)CC3)c(=O)[nH]c2c1. The molecule has 1 N–H and O–H groups in total. The summed E-state index contributed by atoms with van der Waals surface area (Å²) in [5.74, 6) is 0.799. The van der Waals surface area contributed by atoms with Crippen molar-refractivity contribution in [2.75, 3.05) is 33.2 Å². The maximum Gasteiger partial charge on any atom is 0.253 e. The number of H-pyrrole nitrogens is 1. The van der Waals surface area contributed by atoms with Crippen molar-refractivity contribution in [2.24, 2.45) is 0 Å². The van der Waals surface area contributed by atoms with E-state index >= 15 is 0 Å². The minimum Gasteiger partial charge on any atom is -0.322 e. The molecule has 8 nitrogen and oxygen atoms in total. The highest BCUT2D eigenvalue weighted by atomic mass is 16.1. The summed E-state index contributed by atoms with van der Waals surface area (Å²) in [4.78, 5) is 21.1. The summed E-state index contributed by atoms with van der Waals surface area (Å²) < 4.78 is 2.01. The molecule has 164 valence electrons. The van der Waals surface area contributed by atoms with Gasteiger partial charge in [0.1, 0.15) is 6.04 Å². The normalized spacial score (nSPS) is 20.3. The van der Waals surface area contributed by atoms with Crippen LogP contribution in [0.4, 0.5) is 0 Å². The Balaban J connectivity index is 1.62. The molecule has 1 aliphatic carbocycles. The summed E-state index contributed by atoms with van der Waals surface area (Å²) in [6, 6.07) is 8.29. The number of aromatic amines is 1. The number of rotatable bonds is 4. The third-order valence-electron chi connectivity index (χ3n) is 6.91. The van der Waals surface area contributed by atoms with E-state index in [4.69, 9.17) is 0 Å². The fourth-order valence-electron chi connectivity index (χ4n) is 5.08. The van der Waals surface area contributed by atoms with Crippen molar-refractivity contribution >= 4 is 10.9 Å². The monoisotopic (exact) mass is 421 g/mol. The lowest BCUT2D eigenvalue weighted by Crippen LogP contribution is -2.47. The van der Waals surface area contributed by atoms with E-state index in [2.05, 4.69) is 49.5 Å². The Kier molecular flexibility index (Phi) is 5.58. The minimum absolute atomic E-state index is 0.0553. The van der Waals surface area contributed by atoms with Gasteiger partial charge in [0.05, 0.1) is 6.04 Å². The zero-order valence-corrected chi connectivity index (χ0v) is 18.4. The Morgan fingerprint density at radius 2 is 1.84 bits per heavy atom. The van der Waals surface area contributed by atoms with E-state index in [-0.39, 0.29) is 11.6 Å². The van der Waals surface area contributed by atoms with E-state index in [0.717, 1.165) is 66.9 Å². The Morgan fingerprint density at radius 3 is 2.61 bits per heavy atom. The van der Waals surface area contributed by atoms with Crippen LogP contribution in [0.3, 0.4) is 0 Å². The average molecular weight is 422 g/mol. The highest BCUT2D eigenvalue weighted by Crippen LogP contribution is 2.33. The number of likely N-dealkylation sites (N-methyl/N-ethyl adjacent to an activating group) is 1. The summed E-state index contributed by atoms with van der Waals surface area (Å²) >= 11 is 0. The quantitative estimate of drug-likeness (QED) is 0.697. The van der Waals surface area contributed by atoms with Crippen LogP contribution in [-0.4, -0.2) is 68.2 Å². The molecule has 1 saturated heterocycles. The molecule has 0 radical (unpaired) electrons. The molecule has 0 amide bonds. The molecule has 1 atom stereocenters. The molecule has 31 heavy (non-hydrogen) atoms. The molecule has 8 heteroatoms. The van der Waals surface area contributed by atoms with Gasteiger partial charge in [-0.15, -0.1) is 5.10 Å². The van der Waals surface area contributed by atoms with Gasteiger partial charge in [-0.2, -0.15) is 0 Å². The second-order valence-corrected chi connectivity index (χ2v) is 9.16. The van der Waals surface area contributed by atoms with E-state index in [1.54, 1.807) is 0 Å². The zero-order chi connectivity index (χ0) is 21.4. The van der Waals surface area contributed by atoms with Gasteiger partial charge in [-0.05, 0) is 60.3 Å². The van der Waals surface area contributed by atoms with Crippen LogP contribution in [0.1, 0.15) is 61.1 Å². The molecule has 1 saturated carbocycles. The van der Waals surface area contributed by atoms with Crippen LogP contribution >= 0.6 is 0 Å². The van der Waals surface area contributed by atoms with Crippen LogP contribution in [0.15, 0.2) is 29.1 Å². The van der Waals surface area contributed by atoms with Gasteiger partial charge in [-0.1, -0.05) is 31.4 Å². The first kappa shape index (κ1) is 20.3. The standard InChI is InChI=1S/C23H31N7O/c1-16-8-9-17-15-19(23(31)24-20(17)14-16)21(29-12-10-28(2)11-13-29)22-25-26-27-30(22)18-6-4-3-5-7-18/h8-9,14-15,18,21H,3-7,10-13H2,1-2H3,(H,24,31)/t21-/m0/s1. The summed E-state index contributed by atoms with van der Waals surface area (Å²) in [7, 11) is 2.14. The molecule has 0 unspecified atom stereocenters. The molecule has 1 aliphatic heterocycles. The van der Waals surface area contributed by atoms with Gasteiger partial charge >= 0.3 is 0 Å². The summed E-state index contributed by atoms with van der Waals surface area (Å²) in [6.45, 7) is 5.73. The van der Waals surface area contributed by atoms with E-state index < -0.39 is 0 Å². The highest BCUT2D eigenvalue weighted by Gasteiger charge is 2.34. The highest BCUT2D eigenvalue weighted by molar-refractivity contribution is 5.79. The summed E-state index contributed by atoms with van der Waals surface area (Å²) in [6.07, 6.45) is 5.89. The maximum atomic E-state index is 13.3. The number of tetrazole rings is 1. The van der Waals surface area contributed by atoms with Gasteiger partial charge in [0.2, 0.25) is 0 Å². The molecule has 2 aliphatic rings. The van der Waals surface area contributed by atoms with E-state index in [1.165, 1.54) is 19.3 Å². The molecule has 0 spiro atoms. The largest absolute Gasteiger partial charge is 0.322 e. The molecule has 5 rings (SSSR count). The lowest BCUT2D eigenvalue weighted by molar-refractivity contribution is 0.119. The predicted molar refractivity (Wildman–Crippen MR) is 120 cm³/mol. The number of pyridine rings is 1. The Hall–Kier alpha value is -2.58. The maximum absolute atomic E-state index is 13.3. The molecule has 1 aromatic carbocycles. The van der Waals surface area contributed by atoms with Crippen molar-refractivity contribution < 1.29 is 0 Å². The fraction of sp³-hybridized carbons (Fsp3) is 0.565. The van der Waals surface area contributed by atoms with Crippen molar-refractivity contribution in [2.45, 2.75) is 51.1 Å². The number of hydrogen-bond donors (Lipinski definition) is 1. The van der Waals surface area contributed by atoms with Crippen molar-refractivity contribution in [3.05, 3.63) is 51.6 Å². The molecule has 3 aromatic rings. The van der Waals surface area contributed by atoms with Gasteiger partial charge in [-0.25, -0.2) is 4.68 Å². The first-order chi connectivity index (χ1) is 15.1. The van der Waals surface area contributed by atoms with Crippen LogP contribution in [0.5, 0.6) is 0 Å². The lowest BCUT2D eigenvalue weighted by atomic mass is 9.95. The van der Waals surface area contributed by atoms with E-state index in [1.807, 2.05) is 23.7 Å². The Labute approximate surface area is 182 Å². The number of aryl methyl sites for hydroxylation is 1. The first-order valence-corrected chi connectivity index (χ1v) is 11.4. The van der Waals surface area contributed by atoms with E-state index in [9.17, 15) is 4.79 Å². The Bertz CT molecular complexity index is 1110. The summed E-state index contributed by atoms with van der Waals surface area (Å²) in [5, 5.41) is 14.0. The number of hydrogen-bond acceptors (Lipinski definition) is 6. The molecule has 0 bridgehead atoms. The number of nitrogens with one attached hydrogen (secondary N) is 1. The van der Waals surface area contributed by atoms with Gasteiger partial charge in [0.25, 0.3) is 5.56 Å². The molecular weight excluding hydrogens is 390 g/mol. The lowest BCUT2D eigenvalue weighted by Gasteiger charge is -2.37. The number of nitrogens with zero attached hydrogens (tertiary/aromatic N) is 6. The third-order valence-corrected chi connectivity index (χ3v) is 6.91. The topological polar surface area (TPSA) is 82.9 Å². The van der Waals surface area contributed by atoms with Crippen LogP contribution in [0, 0.1) is 6.92 Å². The van der Waals surface area contributed by atoms with Gasteiger partial charge in [-0.3, -0.25) is 9.69 Å². The smallest absolute Gasteiger partial charge is 0.253 e. The second kappa shape index (κ2) is 8.51. The van der Waals surface area contributed by atoms with E-state index in [0.29, 0.717) is 6.04 Å². The predicted octanol–water partition coefficient (Wildman–Crippen LogP) is 2.67. The minimum atomic E-state index is -0.250. The van der Waals surface area contributed by atoms with Crippen molar-refractivity contribution in [3.8, 4) is 0 Å². The molecule has 2 fully saturated rings. The third kappa shape index (κ3) is 4.02. The zero-order valence-electron chi connectivity index (χ0n) is 18.4. The second-order valence-electron chi connectivity index (χ2n) is 9.16. The molecule has 3 heterocycles. The summed E-state index contributed by atoms with van der Waals surface area (Å²) in [5.41, 5.74) is 2.68. The number of fused-ring (bicyclic) bond motifs is 1. The van der Waals surface area contributed by atoms with Crippen LogP contribution in [-0.2, 0) is 0 Å². The van der Waals surface area contributed by atoms with Crippen molar-refractivity contribution in [3.63, 3.8) is 0 Å². The van der Waals surface area contributed by atoms with Crippen molar-refractivity contribution in [1.29, 1.82) is 0 Å². The first-order valence-electron chi connectivity index (χ1n) is 11.4. The fourth-order valence-corrected chi connectivity index (χ4v) is 5.08. The van der Waals surface area contributed by atoms with Crippen LogP contribution in [0.25, 0.3) is 10.9 Å². The van der Waals surface area contributed by atoms with Crippen LogP contribution in [0.2, 0.25) is 0 Å². The molecular formula is C23H31N7O. The average Bonchev–Trinajstić information content (AvgIpc) is 3.26. The number of piperazine rings is 1.